The smallest absolute Gasteiger partial charge is 0.00270 e. The molecule has 0 aliphatic carbocycles. The van der Waals surface area contributed by atoms with E-state index in [2.05, 4.69) is 46.4 Å². The molecule has 1 aliphatic heterocycles. The monoisotopic (exact) mass is 211 g/mol. The van der Waals surface area contributed by atoms with Gasteiger partial charge in [-0.15, -0.1) is 0 Å². The summed E-state index contributed by atoms with van der Waals surface area (Å²) < 4.78 is 0. The van der Waals surface area contributed by atoms with Crippen molar-refractivity contribution in [1.82, 2.24) is 4.90 Å². The molecule has 1 rings (SSSR count). The third-order valence-corrected chi connectivity index (χ3v) is 3.58. The number of likely N-dealkylation sites (tertiary alicyclic amines) is 1. The maximum absolute atomic E-state index is 2.61. The Hall–Kier alpha value is -0.0400. The lowest BCUT2D eigenvalue weighted by atomic mass is 9.76. The van der Waals surface area contributed by atoms with E-state index in [9.17, 15) is 0 Å². The molecular weight excluding hydrogens is 182 g/mol. The molecule has 0 aromatic rings. The molecule has 1 heterocycles. The van der Waals surface area contributed by atoms with Gasteiger partial charge in [-0.2, -0.15) is 0 Å². The standard InChI is InChI=1S/C14H29N/c1-13(2,3)8-7-9-15-10-12(11-15)14(4,5)6/h12H,7-11H2,1-6H3. The largest absolute Gasteiger partial charge is 0.303 e. The molecule has 0 bridgehead atoms. The Balaban J connectivity index is 2.09. The summed E-state index contributed by atoms with van der Waals surface area (Å²) in [4.78, 5) is 2.61. The van der Waals surface area contributed by atoms with Crippen LogP contribution in [0.3, 0.4) is 0 Å². The molecule has 90 valence electrons. The predicted molar refractivity (Wildman–Crippen MR) is 68.1 cm³/mol. The predicted octanol–water partition coefficient (Wildman–Crippen LogP) is 3.79. The van der Waals surface area contributed by atoms with Crippen molar-refractivity contribution in [2.45, 2.75) is 54.4 Å². The van der Waals surface area contributed by atoms with Crippen LogP contribution in [0.1, 0.15) is 54.4 Å². The normalized spacial score (nSPS) is 20.4. The van der Waals surface area contributed by atoms with E-state index in [0.29, 0.717) is 10.8 Å². The van der Waals surface area contributed by atoms with Gasteiger partial charge in [0.1, 0.15) is 0 Å². The minimum atomic E-state index is 0.508. The van der Waals surface area contributed by atoms with Crippen LogP contribution in [0.15, 0.2) is 0 Å². The van der Waals surface area contributed by atoms with E-state index >= 15 is 0 Å². The zero-order valence-corrected chi connectivity index (χ0v) is 11.6. The fourth-order valence-corrected chi connectivity index (χ4v) is 2.13. The molecule has 1 saturated heterocycles. The van der Waals surface area contributed by atoms with Gasteiger partial charge in [0.05, 0.1) is 0 Å². The maximum atomic E-state index is 2.61. The number of hydrogen-bond acceptors (Lipinski definition) is 1. The average molecular weight is 211 g/mol. The van der Waals surface area contributed by atoms with Gasteiger partial charge < -0.3 is 4.90 Å². The molecule has 1 aliphatic rings. The van der Waals surface area contributed by atoms with Crippen LogP contribution >= 0.6 is 0 Å². The van der Waals surface area contributed by atoms with Gasteiger partial charge in [-0.1, -0.05) is 41.5 Å². The summed E-state index contributed by atoms with van der Waals surface area (Å²) in [5, 5.41) is 0. The van der Waals surface area contributed by atoms with Crippen LogP contribution in [-0.2, 0) is 0 Å². The second-order valence-corrected chi connectivity index (χ2v) is 7.49. The molecule has 0 aromatic heterocycles. The molecule has 1 heteroatoms. The molecule has 1 fully saturated rings. The van der Waals surface area contributed by atoms with Crippen LogP contribution in [0.2, 0.25) is 0 Å². The second kappa shape index (κ2) is 4.45. The van der Waals surface area contributed by atoms with Crippen LogP contribution in [-0.4, -0.2) is 24.5 Å². The Bertz CT molecular complexity index is 188. The van der Waals surface area contributed by atoms with Gasteiger partial charge in [0.2, 0.25) is 0 Å². The number of hydrogen-bond donors (Lipinski definition) is 0. The zero-order valence-electron chi connectivity index (χ0n) is 11.6. The van der Waals surface area contributed by atoms with Crippen LogP contribution in [0, 0.1) is 16.7 Å². The Morgan fingerprint density at radius 2 is 1.53 bits per heavy atom. The average Bonchev–Trinajstić information content (AvgIpc) is 1.88. The molecule has 0 aromatic carbocycles. The summed E-state index contributed by atoms with van der Waals surface area (Å²) >= 11 is 0. The van der Waals surface area contributed by atoms with Crippen LogP contribution in [0.4, 0.5) is 0 Å². The molecule has 0 spiro atoms. The minimum Gasteiger partial charge on any atom is -0.303 e. The minimum absolute atomic E-state index is 0.508. The lowest BCUT2D eigenvalue weighted by Gasteiger charge is -2.46. The summed E-state index contributed by atoms with van der Waals surface area (Å²) in [6.45, 7) is 18.1. The first-order valence-corrected chi connectivity index (χ1v) is 6.41. The zero-order chi connectivity index (χ0) is 11.7. The highest BCUT2D eigenvalue weighted by atomic mass is 15.2. The Kier molecular flexibility index (Phi) is 3.86. The van der Waals surface area contributed by atoms with E-state index in [-0.39, 0.29) is 0 Å². The number of rotatable bonds is 3. The first-order chi connectivity index (χ1) is 6.68. The van der Waals surface area contributed by atoms with Crippen molar-refractivity contribution in [2.75, 3.05) is 19.6 Å². The van der Waals surface area contributed by atoms with Crippen LogP contribution in [0.25, 0.3) is 0 Å². The molecule has 0 radical (unpaired) electrons. The molecule has 0 saturated carbocycles. The van der Waals surface area contributed by atoms with Gasteiger partial charge in [0.25, 0.3) is 0 Å². The summed E-state index contributed by atoms with van der Waals surface area (Å²) in [7, 11) is 0. The highest BCUT2D eigenvalue weighted by Gasteiger charge is 2.35. The first kappa shape index (κ1) is 13.0. The molecule has 0 unspecified atom stereocenters. The van der Waals surface area contributed by atoms with Crippen molar-refractivity contribution in [2.24, 2.45) is 16.7 Å². The van der Waals surface area contributed by atoms with Crippen molar-refractivity contribution >= 4 is 0 Å². The Morgan fingerprint density at radius 3 is 1.93 bits per heavy atom. The quantitative estimate of drug-likeness (QED) is 0.686. The van der Waals surface area contributed by atoms with Crippen LogP contribution < -0.4 is 0 Å². The van der Waals surface area contributed by atoms with E-state index in [1.807, 2.05) is 0 Å². The highest BCUT2D eigenvalue weighted by Crippen LogP contribution is 2.33. The van der Waals surface area contributed by atoms with Gasteiger partial charge in [-0.25, -0.2) is 0 Å². The number of nitrogens with zero attached hydrogens (tertiary/aromatic N) is 1. The topological polar surface area (TPSA) is 3.24 Å². The summed E-state index contributed by atoms with van der Waals surface area (Å²) in [6.07, 6.45) is 2.71. The molecule has 0 N–H and O–H groups in total. The molecular formula is C14H29N. The Morgan fingerprint density at radius 1 is 1.00 bits per heavy atom. The van der Waals surface area contributed by atoms with Gasteiger partial charge in [0, 0.05) is 13.1 Å². The van der Waals surface area contributed by atoms with Gasteiger partial charge in [-0.3, -0.25) is 0 Å². The van der Waals surface area contributed by atoms with E-state index in [1.165, 1.54) is 32.5 Å². The van der Waals surface area contributed by atoms with E-state index in [0.717, 1.165) is 5.92 Å². The molecule has 0 atom stereocenters. The van der Waals surface area contributed by atoms with Crippen molar-refractivity contribution < 1.29 is 0 Å². The molecule has 0 amide bonds. The third kappa shape index (κ3) is 4.55. The lowest BCUT2D eigenvalue weighted by Crippen LogP contribution is -2.52. The van der Waals surface area contributed by atoms with Crippen molar-refractivity contribution in [1.29, 1.82) is 0 Å². The van der Waals surface area contributed by atoms with Crippen molar-refractivity contribution in [3.8, 4) is 0 Å². The Labute approximate surface area is 96.2 Å². The van der Waals surface area contributed by atoms with Gasteiger partial charge in [-0.05, 0) is 36.1 Å². The van der Waals surface area contributed by atoms with Gasteiger partial charge in [0.15, 0.2) is 0 Å². The van der Waals surface area contributed by atoms with Gasteiger partial charge >= 0.3 is 0 Å². The second-order valence-electron chi connectivity index (χ2n) is 7.49. The third-order valence-electron chi connectivity index (χ3n) is 3.58. The highest BCUT2D eigenvalue weighted by molar-refractivity contribution is 4.87. The molecule has 15 heavy (non-hydrogen) atoms. The first-order valence-electron chi connectivity index (χ1n) is 6.41. The van der Waals surface area contributed by atoms with Crippen molar-refractivity contribution in [3.05, 3.63) is 0 Å². The maximum Gasteiger partial charge on any atom is 0.00270 e. The molecule has 1 nitrogen and oxygen atoms in total. The van der Waals surface area contributed by atoms with E-state index < -0.39 is 0 Å². The SMILES string of the molecule is CC(C)(C)CCCN1CC(C(C)(C)C)C1. The summed E-state index contributed by atoms with van der Waals surface area (Å²) in [5.74, 6) is 0.923. The lowest BCUT2D eigenvalue weighted by molar-refractivity contribution is 0.0223. The van der Waals surface area contributed by atoms with E-state index in [1.54, 1.807) is 0 Å². The van der Waals surface area contributed by atoms with Crippen molar-refractivity contribution in [3.63, 3.8) is 0 Å². The summed E-state index contributed by atoms with van der Waals surface area (Å²) in [6, 6.07) is 0. The fourth-order valence-electron chi connectivity index (χ4n) is 2.13. The summed E-state index contributed by atoms with van der Waals surface area (Å²) in [5.41, 5.74) is 1.02. The fraction of sp³-hybridized carbons (Fsp3) is 1.00. The van der Waals surface area contributed by atoms with Crippen LogP contribution in [0.5, 0.6) is 0 Å². The van der Waals surface area contributed by atoms with E-state index in [4.69, 9.17) is 0 Å².